The molecule has 168 valence electrons. The standard InChI is InChI=1S/C26H24FN3O3/c1-17-16-29(14-15-30(17)26(31)18-8-3-4-10-20(18)27)25-19-9-7-13-23(32-2)24(19)33-22-12-6-5-11-21(22)28-25/h3-13,17H,14-16H2,1-2H3. The van der Waals surface area contributed by atoms with Crippen LogP contribution in [0.25, 0.3) is 0 Å². The summed E-state index contributed by atoms with van der Waals surface area (Å²) in [7, 11) is 1.61. The van der Waals surface area contributed by atoms with Crippen LogP contribution in [0.3, 0.4) is 0 Å². The van der Waals surface area contributed by atoms with Gasteiger partial charge in [-0.05, 0) is 43.3 Å². The van der Waals surface area contributed by atoms with E-state index >= 15 is 0 Å². The molecule has 7 heteroatoms. The molecule has 3 aromatic carbocycles. The number of hydrogen-bond donors (Lipinski definition) is 0. The fraction of sp³-hybridized carbons (Fsp3) is 0.231. The highest BCUT2D eigenvalue weighted by Gasteiger charge is 2.33. The molecule has 0 bridgehead atoms. The minimum absolute atomic E-state index is 0.0991. The summed E-state index contributed by atoms with van der Waals surface area (Å²) in [5.74, 6) is 1.86. The van der Waals surface area contributed by atoms with Gasteiger partial charge in [0.1, 0.15) is 17.3 Å². The summed E-state index contributed by atoms with van der Waals surface area (Å²) in [4.78, 5) is 21.8. The Kier molecular flexibility index (Phi) is 5.46. The number of rotatable bonds is 2. The van der Waals surface area contributed by atoms with E-state index in [-0.39, 0.29) is 17.5 Å². The molecule has 1 fully saturated rings. The number of carbonyl (C=O) groups is 1. The van der Waals surface area contributed by atoms with Crippen LogP contribution in [0.2, 0.25) is 0 Å². The first-order valence-electron chi connectivity index (χ1n) is 10.9. The van der Waals surface area contributed by atoms with Crippen LogP contribution < -0.4 is 9.47 Å². The van der Waals surface area contributed by atoms with Crippen molar-refractivity contribution in [3.63, 3.8) is 0 Å². The van der Waals surface area contributed by atoms with E-state index in [0.29, 0.717) is 36.9 Å². The molecule has 2 aliphatic heterocycles. The smallest absolute Gasteiger partial charge is 0.257 e. The molecule has 33 heavy (non-hydrogen) atoms. The van der Waals surface area contributed by atoms with Gasteiger partial charge in [0.2, 0.25) is 0 Å². The van der Waals surface area contributed by atoms with Crippen molar-refractivity contribution in [2.24, 2.45) is 4.99 Å². The van der Waals surface area contributed by atoms with Gasteiger partial charge in [0.05, 0.1) is 18.2 Å². The molecule has 5 rings (SSSR count). The molecule has 0 N–H and O–H groups in total. The first kappa shape index (κ1) is 21.0. The highest BCUT2D eigenvalue weighted by molar-refractivity contribution is 6.04. The molecule has 1 unspecified atom stereocenters. The van der Waals surface area contributed by atoms with Crippen molar-refractivity contribution in [3.8, 4) is 17.2 Å². The number of aliphatic imine (C=N–C) groups is 1. The third-order valence-corrected chi connectivity index (χ3v) is 6.04. The summed E-state index contributed by atoms with van der Waals surface area (Å²) in [5.41, 5.74) is 1.65. The van der Waals surface area contributed by atoms with Gasteiger partial charge in [0.25, 0.3) is 5.91 Å². The van der Waals surface area contributed by atoms with Crippen LogP contribution in [0.1, 0.15) is 22.8 Å². The van der Waals surface area contributed by atoms with Crippen molar-refractivity contribution >= 4 is 17.4 Å². The number of methoxy groups -OCH3 is 1. The summed E-state index contributed by atoms with van der Waals surface area (Å²) in [6.07, 6.45) is 0. The molecule has 6 nitrogen and oxygen atoms in total. The second kappa shape index (κ2) is 8.58. The Morgan fingerprint density at radius 3 is 2.64 bits per heavy atom. The lowest BCUT2D eigenvalue weighted by Crippen LogP contribution is -2.55. The number of nitrogens with zero attached hydrogens (tertiary/aromatic N) is 3. The Morgan fingerprint density at radius 2 is 1.85 bits per heavy atom. The second-order valence-electron chi connectivity index (χ2n) is 8.12. The molecular formula is C26H24FN3O3. The molecule has 0 aromatic heterocycles. The lowest BCUT2D eigenvalue weighted by atomic mass is 10.1. The molecule has 3 aromatic rings. The maximum atomic E-state index is 14.2. The Labute approximate surface area is 191 Å². The highest BCUT2D eigenvalue weighted by atomic mass is 19.1. The van der Waals surface area contributed by atoms with Gasteiger partial charge in [0, 0.05) is 25.7 Å². The van der Waals surface area contributed by atoms with E-state index in [0.717, 1.165) is 17.1 Å². The Balaban J connectivity index is 1.48. The zero-order chi connectivity index (χ0) is 22.9. The first-order valence-corrected chi connectivity index (χ1v) is 10.9. The van der Waals surface area contributed by atoms with E-state index in [1.54, 1.807) is 24.1 Å². The van der Waals surface area contributed by atoms with Gasteiger partial charge in [-0.25, -0.2) is 9.38 Å². The third-order valence-electron chi connectivity index (χ3n) is 6.04. The Bertz CT molecular complexity index is 1240. The number of amidine groups is 1. The Hall–Kier alpha value is -3.87. The average Bonchev–Trinajstić information content (AvgIpc) is 3.00. The zero-order valence-corrected chi connectivity index (χ0v) is 18.5. The van der Waals surface area contributed by atoms with E-state index in [1.807, 2.05) is 49.4 Å². The molecule has 2 aliphatic rings. The van der Waals surface area contributed by atoms with Crippen LogP contribution in [0, 0.1) is 5.82 Å². The number of piperazine rings is 1. The SMILES string of the molecule is COc1cccc2c1Oc1ccccc1N=C2N1CCN(C(=O)c2ccccc2F)C(C)C1. The monoisotopic (exact) mass is 445 g/mol. The fourth-order valence-electron chi connectivity index (χ4n) is 4.36. The number of fused-ring (bicyclic) bond motifs is 2. The number of para-hydroxylation sites is 3. The summed E-state index contributed by atoms with van der Waals surface area (Å²) >= 11 is 0. The quantitative estimate of drug-likeness (QED) is 0.565. The van der Waals surface area contributed by atoms with Gasteiger partial charge in [-0.1, -0.05) is 30.3 Å². The van der Waals surface area contributed by atoms with Gasteiger partial charge in [0.15, 0.2) is 17.2 Å². The maximum absolute atomic E-state index is 14.2. The number of halogens is 1. The van der Waals surface area contributed by atoms with Gasteiger partial charge >= 0.3 is 0 Å². The molecule has 1 amide bonds. The fourth-order valence-corrected chi connectivity index (χ4v) is 4.36. The topological polar surface area (TPSA) is 54.4 Å². The number of amides is 1. The lowest BCUT2D eigenvalue weighted by molar-refractivity contribution is 0.0576. The molecule has 1 saturated heterocycles. The molecule has 0 radical (unpaired) electrons. The van der Waals surface area contributed by atoms with Gasteiger partial charge < -0.3 is 19.3 Å². The van der Waals surface area contributed by atoms with Crippen LogP contribution in [-0.4, -0.2) is 54.3 Å². The lowest BCUT2D eigenvalue weighted by Gasteiger charge is -2.41. The average molecular weight is 445 g/mol. The van der Waals surface area contributed by atoms with Gasteiger partial charge in [-0.15, -0.1) is 0 Å². The van der Waals surface area contributed by atoms with E-state index in [1.165, 1.54) is 12.1 Å². The van der Waals surface area contributed by atoms with Crippen molar-refractivity contribution in [2.75, 3.05) is 26.7 Å². The van der Waals surface area contributed by atoms with Crippen LogP contribution in [0.15, 0.2) is 71.7 Å². The van der Waals surface area contributed by atoms with Crippen LogP contribution in [0.4, 0.5) is 10.1 Å². The summed E-state index contributed by atoms with van der Waals surface area (Å²) in [6, 6.07) is 19.3. The number of ether oxygens (including phenoxy) is 2. The van der Waals surface area contributed by atoms with E-state index in [2.05, 4.69) is 4.90 Å². The molecule has 0 saturated carbocycles. The van der Waals surface area contributed by atoms with Crippen molar-refractivity contribution in [2.45, 2.75) is 13.0 Å². The van der Waals surface area contributed by atoms with E-state index < -0.39 is 5.82 Å². The minimum atomic E-state index is -0.500. The van der Waals surface area contributed by atoms with Gasteiger partial charge in [-0.2, -0.15) is 0 Å². The predicted octanol–water partition coefficient (Wildman–Crippen LogP) is 4.86. The number of hydrogen-bond acceptors (Lipinski definition) is 5. The first-order chi connectivity index (χ1) is 16.1. The zero-order valence-electron chi connectivity index (χ0n) is 18.5. The van der Waals surface area contributed by atoms with E-state index in [9.17, 15) is 9.18 Å². The van der Waals surface area contributed by atoms with Crippen molar-refractivity contribution in [1.82, 2.24) is 9.80 Å². The maximum Gasteiger partial charge on any atom is 0.257 e. The van der Waals surface area contributed by atoms with Crippen molar-refractivity contribution in [1.29, 1.82) is 0 Å². The van der Waals surface area contributed by atoms with Crippen molar-refractivity contribution in [3.05, 3.63) is 83.7 Å². The summed E-state index contributed by atoms with van der Waals surface area (Å²) in [6.45, 7) is 3.54. The van der Waals surface area contributed by atoms with Gasteiger partial charge in [-0.3, -0.25) is 4.79 Å². The number of benzene rings is 3. The summed E-state index contributed by atoms with van der Waals surface area (Å²) < 4.78 is 26.0. The largest absolute Gasteiger partial charge is 0.493 e. The Morgan fingerprint density at radius 1 is 1.06 bits per heavy atom. The summed E-state index contributed by atoms with van der Waals surface area (Å²) in [5, 5.41) is 0. The molecule has 1 atom stereocenters. The predicted molar refractivity (Wildman–Crippen MR) is 124 cm³/mol. The molecule has 0 spiro atoms. The van der Waals surface area contributed by atoms with Crippen molar-refractivity contribution < 1.29 is 18.7 Å². The highest BCUT2D eigenvalue weighted by Crippen LogP contribution is 2.42. The normalized spacial score (nSPS) is 17.3. The molecular weight excluding hydrogens is 421 g/mol. The minimum Gasteiger partial charge on any atom is -0.493 e. The van der Waals surface area contributed by atoms with Crippen LogP contribution >= 0.6 is 0 Å². The van der Waals surface area contributed by atoms with E-state index in [4.69, 9.17) is 14.5 Å². The molecule has 0 aliphatic carbocycles. The second-order valence-corrected chi connectivity index (χ2v) is 8.12. The van der Waals surface area contributed by atoms with Crippen LogP contribution in [0.5, 0.6) is 17.2 Å². The number of carbonyl (C=O) groups excluding carboxylic acids is 1. The molecule has 2 heterocycles. The van der Waals surface area contributed by atoms with Crippen LogP contribution in [-0.2, 0) is 0 Å². The third kappa shape index (κ3) is 3.80.